The van der Waals surface area contributed by atoms with E-state index in [9.17, 15) is 0 Å². The zero-order chi connectivity index (χ0) is 13.4. The highest BCUT2D eigenvalue weighted by molar-refractivity contribution is 5.53. The average Bonchev–Trinajstić information content (AvgIpc) is 2.98. The Morgan fingerprint density at radius 1 is 1.42 bits per heavy atom. The van der Waals surface area contributed by atoms with Gasteiger partial charge in [0.05, 0.1) is 11.7 Å². The second-order valence-corrected chi connectivity index (χ2v) is 5.83. The Kier molecular flexibility index (Phi) is 3.19. The van der Waals surface area contributed by atoms with Gasteiger partial charge in [0.15, 0.2) is 0 Å². The van der Waals surface area contributed by atoms with Crippen LogP contribution >= 0.6 is 0 Å². The highest BCUT2D eigenvalue weighted by Gasteiger charge is 2.25. The standard InChI is InChI=1S/C15H22N4/c1-11(2)18-7-6-12(10-18)8-15-17-9-13-4-3-5-14(16)19(13)15/h3-5,9,11-12H,6-8,10,16H2,1-2H3. The molecule has 19 heavy (non-hydrogen) atoms. The molecule has 0 aromatic carbocycles. The SMILES string of the molecule is CC(C)N1CCC(Cc2ncc3cccc(N)n23)C1. The number of rotatable bonds is 3. The van der Waals surface area contributed by atoms with Gasteiger partial charge in [-0.3, -0.25) is 4.40 Å². The molecule has 0 radical (unpaired) electrons. The smallest absolute Gasteiger partial charge is 0.115 e. The number of hydrogen-bond donors (Lipinski definition) is 1. The summed E-state index contributed by atoms with van der Waals surface area (Å²) < 4.78 is 2.08. The van der Waals surface area contributed by atoms with Gasteiger partial charge in [-0.1, -0.05) is 6.07 Å². The molecule has 2 aromatic heterocycles. The number of nitrogens with two attached hydrogens (primary N) is 1. The Balaban J connectivity index is 1.79. The van der Waals surface area contributed by atoms with E-state index in [1.165, 1.54) is 19.5 Å². The molecule has 102 valence electrons. The summed E-state index contributed by atoms with van der Waals surface area (Å²) in [7, 11) is 0. The van der Waals surface area contributed by atoms with Crippen LogP contribution in [0.3, 0.4) is 0 Å². The van der Waals surface area contributed by atoms with Gasteiger partial charge in [0.25, 0.3) is 0 Å². The van der Waals surface area contributed by atoms with Gasteiger partial charge in [-0.05, 0) is 44.9 Å². The fourth-order valence-electron chi connectivity index (χ4n) is 3.04. The van der Waals surface area contributed by atoms with Crippen LogP contribution in [0.4, 0.5) is 5.82 Å². The highest BCUT2D eigenvalue weighted by Crippen LogP contribution is 2.23. The van der Waals surface area contributed by atoms with Crippen molar-refractivity contribution in [3.8, 4) is 0 Å². The minimum absolute atomic E-state index is 0.645. The number of likely N-dealkylation sites (tertiary alicyclic amines) is 1. The van der Waals surface area contributed by atoms with Gasteiger partial charge in [0.1, 0.15) is 11.6 Å². The first-order valence-electron chi connectivity index (χ1n) is 7.10. The van der Waals surface area contributed by atoms with Crippen molar-refractivity contribution in [2.75, 3.05) is 18.8 Å². The van der Waals surface area contributed by atoms with Gasteiger partial charge in [0, 0.05) is 19.0 Å². The molecular formula is C15H22N4. The second-order valence-electron chi connectivity index (χ2n) is 5.83. The number of pyridine rings is 1. The predicted octanol–water partition coefficient (Wildman–Crippen LogP) is 2.19. The molecule has 1 aliphatic heterocycles. The first kappa shape index (κ1) is 12.5. The Morgan fingerprint density at radius 3 is 3.00 bits per heavy atom. The lowest BCUT2D eigenvalue weighted by Gasteiger charge is -2.20. The molecule has 1 aliphatic rings. The van der Waals surface area contributed by atoms with E-state index in [2.05, 4.69) is 34.2 Å². The topological polar surface area (TPSA) is 46.6 Å². The molecule has 2 N–H and O–H groups in total. The Hall–Kier alpha value is -1.55. The van der Waals surface area contributed by atoms with Crippen LogP contribution < -0.4 is 5.73 Å². The van der Waals surface area contributed by atoms with Crippen LogP contribution in [0.15, 0.2) is 24.4 Å². The van der Waals surface area contributed by atoms with Crippen molar-refractivity contribution in [3.05, 3.63) is 30.2 Å². The van der Waals surface area contributed by atoms with Crippen molar-refractivity contribution < 1.29 is 0 Å². The van der Waals surface area contributed by atoms with Crippen LogP contribution in [-0.2, 0) is 6.42 Å². The predicted molar refractivity (Wildman–Crippen MR) is 78.1 cm³/mol. The fourth-order valence-corrected chi connectivity index (χ4v) is 3.04. The van der Waals surface area contributed by atoms with E-state index in [1.54, 1.807) is 0 Å². The molecule has 3 rings (SSSR count). The summed E-state index contributed by atoms with van der Waals surface area (Å²) in [4.78, 5) is 7.10. The van der Waals surface area contributed by atoms with Gasteiger partial charge < -0.3 is 10.6 Å². The normalized spacial score (nSPS) is 20.7. The third-order valence-electron chi connectivity index (χ3n) is 4.17. The van der Waals surface area contributed by atoms with Crippen LogP contribution in [0.1, 0.15) is 26.1 Å². The lowest BCUT2D eigenvalue weighted by molar-refractivity contribution is 0.264. The highest BCUT2D eigenvalue weighted by atomic mass is 15.2. The Morgan fingerprint density at radius 2 is 2.26 bits per heavy atom. The summed E-state index contributed by atoms with van der Waals surface area (Å²) in [5, 5.41) is 0. The minimum Gasteiger partial charge on any atom is -0.385 e. The summed E-state index contributed by atoms with van der Waals surface area (Å²) in [5.74, 6) is 2.58. The minimum atomic E-state index is 0.645. The van der Waals surface area contributed by atoms with E-state index in [0.717, 1.165) is 23.6 Å². The number of aromatic nitrogens is 2. The first-order valence-corrected chi connectivity index (χ1v) is 7.10. The Bertz CT molecular complexity index is 573. The van der Waals surface area contributed by atoms with Gasteiger partial charge in [-0.25, -0.2) is 4.98 Å². The largest absolute Gasteiger partial charge is 0.385 e. The number of imidazole rings is 1. The maximum Gasteiger partial charge on any atom is 0.115 e. The molecular weight excluding hydrogens is 236 g/mol. The van der Waals surface area contributed by atoms with E-state index in [4.69, 9.17) is 5.73 Å². The zero-order valence-electron chi connectivity index (χ0n) is 11.7. The van der Waals surface area contributed by atoms with E-state index < -0.39 is 0 Å². The monoisotopic (exact) mass is 258 g/mol. The summed E-state index contributed by atoms with van der Waals surface area (Å²) in [6, 6.07) is 6.62. The number of anilines is 1. The van der Waals surface area contributed by atoms with Gasteiger partial charge in [0.2, 0.25) is 0 Å². The van der Waals surface area contributed by atoms with E-state index >= 15 is 0 Å². The van der Waals surface area contributed by atoms with Crippen molar-refractivity contribution in [2.45, 2.75) is 32.7 Å². The summed E-state index contributed by atoms with van der Waals surface area (Å²) in [5.41, 5.74) is 7.16. The maximum atomic E-state index is 6.06. The molecule has 1 atom stereocenters. The summed E-state index contributed by atoms with van der Waals surface area (Å²) in [6.45, 7) is 6.93. The van der Waals surface area contributed by atoms with Gasteiger partial charge in [-0.2, -0.15) is 0 Å². The molecule has 0 amide bonds. The Labute approximate surface area is 114 Å². The maximum absolute atomic E-state index is 6.06. The van der Waals surface area contributed by atoms with Gasteiger partial charge in [-0.15, -0.1) is 0 Å². The molecule has 2 aromatic rings. The molecule has 1 saturated heterocycles. The van der Waals surface area contributed by atoms with Crippen LogP contribution in [0.5, 0.6) is 0 Å². The average molecular weight is 258 g/mol. The number of nitrogen functional groups attached to an aromatic ring is 1. The van der Waals surface area contributed by atoms with E-state index in [0.29, 0.717) is 12.0 Å². The van der Waals surface area contributed by atoms with Crippen molar-refractivity contribution in [2.24, 2.45) is 5.92 Å². The van der Waals surface area contributed by atoms with E-state index in [1.807, 2.05) is 18.3 Å². The van der Waals surface area contributed by atoms with Crippen molar-refractivity contribution in [1.82, 2.24) is 14.3 Å². The van der Waals surface area contributed by atoms with Crippen LogP contribution in [0.25, 0.3) is 5.52 Å². The van der Waals surface area contributed by atoms with Crippen molar-refractivity contribution in [3.63, 3.8) is 0 Å². The molecule has 0 bridgehead atoms. The first-order chi connectivity index (χ1) is 9.15. The molecule has 0 saturated carbocycles. The summed E-state index contributed by atoms with van der Waals surface area (Å²) >= 11 is 0. The van der Waals surface area contributed by atoms with Gasteiger partial charge >= 0.3 is 0 Å². The fraction of sp³-hybridized carbons (Fsp3) is 0.533. The number of nitrogens with zero attached hydrogens (tertiary/aromatic N) is 3. The molecule has 4 heteroatoms. The van der Waals surface area contributed by atoms with E-state index in [-0.39, 0.29) is 0 Å². The third kappa shape index (κ3) is 2.32. The quantitative estimate of drug-likeness (QED) is 0.918. The van der Waals surface area contributed by atoms with Crippen LogP contribution in [-0.4, -0.2) is 33.4 Å². The lowest BCUT2D eigenvalue weighted by atomic mass is 10.0. The lowest BCUT2D eigenvalue weighted by Crippen LogP contribution is -2.28. The molecule has 1 fully saturated rings. The molecule has 0 aliphatic carbocycles. The summed E-state index contributed by atoms with van der Waals surface area (Å²) in [6.07, 6.45) is 4.20. The molecule has 4 nitrogen and oxygen atoms in total. The zero-order valence-corrected chi connectivity index (χ0v) is 11.7. The third-order valence-corrected chi connectivity index (χ3v) is 4.17. The van der Waals surface area contributed by atoms with Crippen molar-refractivity contribution in [1.29, 1.82) is 0 Å². The second kappa shape index (κ2) is 4.85. The molecule has 1 unspecified atom stereocenters. The molecule has 3 heterocycles. The number of fused-ring (bicyclic) bond motifs is 1. The molecule has 0 spiro atoms. The van der Waals surface area contributed by atoms with Crippen LogP contribution in [0, 0.1) is 5.92 Å². The van der Waals surface area contributed by atoms with Crippen molar-refractivity contribution >= 4 is 11.3 Å². The number of hydrogen-bond acceptors (Lipinski definition) is 3. The van der Waals surface area contributed by atoms with Crippen LogP contribution in [0.2, 0.25) is 0 Å².